The van der Waals surface area contributed by atoms with Gasteiger partial charge in [0.05, 0.1) is 34.5 Å². The molecule has 108 valence electrons. The molecule has 0 unspecified atom stereocenters. The molecule has 2 N–H and O–H groups in total. The Morgan fingerprint density at radius 2 is 1.90 bits per heavy atom. The number of aromatic nitrogens is 1. The highest BCUT2D eigenvalue weighted by Crippen LogP contribution is 2.47. The van der Waals surface area contributed by atoms with Gasteiger partial charge in [-0.2, -0.15) is 0 Å². The monoisotopic (exact) mass is 295 g/mol. The van der Waals surface area contributed by atoms with Gasteiger partial charge in [0.2, 0.25) is 5.91 Å². The quantitative estimate of drug-likeness (QED) is 0.836. The maximum atomic E-state index is 11.4. The second-order valence-electron chi connectivity index (χ2n) is 5.49. The van der Waals surface area contributed by atoms with Gasteiger partial charge < -0.3 is 10.6 Å². The third-order valence-electron chi connectivity index (χ3n) is 4.17. The summed E-state index contributed by atoms with van der Waals surface area (Å²) in [6.45, 7) is 0.981. The van der Waals surface area contributed by atoms with Crippen molar-refractivity contribution in [1.29, 1.82) is 0 Å². The maximum Gasteiger partial charge on any atom is 0.229 e. The second kappa shape index (κ2) is 4.44. The van der Waals surface area contributed by atoms with E-state index in [4.69, 9.17) is 5.73 Å². The summed E-state index contributed by atoms with van der Waals surface area (Å²) in [6.07, 6.45) is 3.23. The summed E-state index contributed by atoms with van der Waals surface area (Å²) in [6, 6.07) is 3.72. The molecule has 1 aliphatic heterocycles. The Morgan fingerprint density at radius 3 is 2.35 bits per heavy atom. The Labute approximate surface area is 117 Å². The highest BCUT2D eigenvalue weighted by atomic mass is 32.2. The average Bonchev–Trinajstić information content (AvgIpc) is 3.20. The molecule has 1 aliphatic carbocycles. The highest BCUT2D eigenvalue weighted by molar-refractivity contribution is 7.91. The minimum Gasteiger partial charge on any atom is -0.369 e. The molecule has 2 fully saturated rings. The van der Waals surface area contributed by atoms with E-state index in [0.29, 0.717) is 13.1 Å². The van der Waals surface area contributed by atoms with E-state index in [0.717, 1.165) is 24.2 Å². The van der Waals surface area contributed by atoms with Crippen molar-refractivity contribution in [2.75, 3.05) is 29.5 Å². The predicted octanol–water partition coefficient (Wildman–Crippen LogP) is -0.167. The number of carbonyl (C=O) groups excluding carboxylic acids is 1. The molecule has 2 aliphatic rings. The average molecular weight is 295 g/mol. The van der Waals surface area contributed by atoms with Gasteiger partial charge in [0.15, 0.2) is 9.84 Å². The summed E-state index contributed by atoms with van der Waals surface area (Å²) in [5.41, 5.74) is 6.47. The van der Waals surface area contributed by atoms with Gasteiger partial charge >= 0.3 is 0 Å². The summed E-state index contributed by atoms with van der Waals surface area (Å²) < 4.78 is 22.8. The third kappa shape index (κ3) is 2.26. The van der Waals surface area contributed by atoms with Crippen LogP contribution in [-0.2, 0) is 20.0 Å². The van der Waals surface area contributed by atoms with Crippen molar-refractivity contribution in [3.8, 4) is 0 Å². The molecule has 0 radical (unpaired) electrons. The number of carbonyl (C=O) groups is 1. The Balaban J connectivity index is 1.76. The molecule has 1 aromatic rings. The van der Waals surface area contributed by atoms with Crippen LogP contribution in [0.2, 0.25) is 0 Å². The number of nitrogens with zero attached hydrogens (tertiary/aromatic N) is 2. The zero-order chi connectivity index (χ0) is 14.4. The van der Waals surface area contributed by atoms with Crippen LogP contribution in [0.5, 0.6) is 0 Å². The molecule has 7 heteroatoms. The standard InChI is InChI=1S/C13H17N3O3S/c14-12(17)13(3-4-13)11-2-1-10(9-15-11)16-5-7-20(18,19)8-6-16/h1-2,9H,3-8H2,(H2,14,17). The predicted molar refractivity (Wildman–Crippen MR) is 75.2 cm³/mol. The second-order valence-corrected chi connectivity index (χ2v) is 7.79. The van der Waals surface area contributed by atoms with Crippen LogP contribution in [-0.4, -0.2) is 43.9 Å². The number of anilines is 1. The van der Waals surface area contributed by atoms with E-state index in [2.05, 4.69) is 4.98 Å². The first-order valence-corrected chi connectivity index (χ1v) is 8.47. The van der Waals surface area contributed by atoms with Gasteiger partial charge in [-0.25, -0.2) is 8.42 Å². The first-order chi connectivity index (χ1) is 9.43. The van der Waals surface area contributed by atoms with Crippen molar-refractivity contribution in [2.45, 2.75) is 18.3 Å². The van der Waals surface area contributed by atoms with Crippen molar-refractivity contribution in [2.24, 2.45) is 5.73 Å². The van der Waals surface area contributed by atoms with Crippen LogP contribution in [0.3, 0.4) is 0 Å². The Morgan fingerprint density at radius 1 is 1.25 bits per heavy atom. The molecule has 6 nitrogen and oxygen atoms in total. The van der Waals surface area contributed by atoms with Gasteiger partial charge in [-0.1, -0.05) is 0 Å². The van der Waals surface area contributed by atoms with Crippen LogP contribution in [0.25, 0.3) is 0 Å². The van der Waals surface area contributed by atoms with Crippen LogP contribution < -0.4 is 10.6 Å². The first-order valence-electron chi connectivity index (χ1n) is 6.65. The number of sulfone groups is 1. The summed E-state index contributed by atoms with van der Waals surface area (Å²) in [5.74, 6) is 0.0433. The summed E-state index contributed by atoms with van der Waals surface area (Å²) >= 11 is 0. The van der Waals surface area contributed by atoms with Crippen molar-refractivity contribution in [1.82, 2.24) is 4.98 Å². The lowest BCUT2D eigenvalue weighted by atomic mass is 10.0. The van der Waals surface area contributed by atoms with E-state index >= 15 is 0 Å². The molecule has 2 heterocycles. The highest BCUT2D eigenvalue weighted by Gasteiger charge is 2.51. The van der Waals surface area contributed by atoms with E-state index < -0.39 is 15.3 Å². The molecular weight excluding hydrogens is 278 g/mol. The zero-order valence-electron chi connectivity index (χ0n) is 11.1. The van der Waals surface area contributed by atoms with Gasteiger partial charge in [0.25, 0.3) is 0 Å². The van der Waals surface area contributed by atoms with Crippen molar-refractivity contribution < 1.29 is 13.2 Å². The van der Waals surface area contributed by atoms with Crippen molar-refractivity contribution >= 4 is 21.4 Å². The van der Waals surface area contributed by atoms with Gasteiger partial charge in [-0.3, -0.25) is 9.78 Å². The maximum absolute atomic E-state index is 11.4. The third-order valence-corrected chi connectivity index (χ3v) is 5.78. The molecule has 20 heavy (non-hydrogen) atoms. The zero-order valence-corrected chi connectivity index (χ0v) is 11.9. The minimum absolute atomic E-state index is 0.181. The van der Waals surface area contributed by atoms with E-state index in [9.17, 15) is 13.2 Å². The fraction of sp³-hybridized carbons (Fsp3) is 0.538. The summed E-state index contributed by atoms with van der Waals surface area (Å²) in [5, 5.41) is 0. The first kappa shape index (κ1) is 13.4. The smallest absolute Gasteiger partial charge is 0.229 e. The number of nitrogens with two attached hydrogens (primary N) is 1. The Hall–Kier alpha value is -1.63. The summed E-state index contributed by atoms with van der Waals surface area (Å²) in [7, 11) is -2.88. The van der Waals surface area contributed by atoms with E-state index in [1.807, 2.05) is 17.0 Å². The summed E-state index contributed by atoms with van der Waals surface area (Å²) in [4.78, 5) is 17.8. The van der Waals surface area contributed by atoms with E-state index in [1.54, 1.807) is 6.20 Å². The van der Waals surface area contributed by atoms with Gasteiger partial charge in [-0.15, -0.1) is 0 Å². The molecule has 0 aromatic carbocycles. The lowest BCUT2D eigenvalue weighted by Gasteiger charge is -2.28. The largest absolute Gasteiger partial charge is 0.369 e. The number of pyridine rings is 1. The van der Waals surface area contributed by atoms with Crippen LogP contribution in [0, 0.1) is 0 Å². The molecule has 1 aromatic heterocycles. The number of amides is 1. The fourth-order valence-corrected chi connectivity index (χ4v) is 3.78. The Bertz CT molecular complexity index is 621. The van der Waals surface area contributed by atoms with Gasteiger partial charge in [-0.05, 0) is 25.0 Å². The molecule has 0 bridgehead atoms. The van der Waals surface area contributed by atoms with Crippen LogP contribution in [0.15, 0.2) is 18.3 Å². The van der Waals surface area contributed by atoms with E-state index in [-0.39, 0.29) is 17.4 Å². The van der Waals surface area contributed by atoms with Crippen LogP contribution in [0.4, 0.5) is 5.69 Å². The fourth-order valence-electron chi connectivity index (χ4n) is 2.58. The van der Waals surface area contributed by atoms with Crippen LogP contribution in [0.1, 0.15) is 18.5 Å². The molecule has 1 saturated carbocycles. The number of rotatable bonds is 3. The molecule has 0 atom stereocenters. The van der Waals surface area contributed by atoms with Crippen LogP contribution >= 0.6 is 0 Å². The van der Waals surface area contributed by atoms with E-state index in [1.165, 1.54) is 0 Å². The van der Waals surface area contributed by atoms with Gasteiger partial charge in [0, 0.05) is 13.1 Å². The lowest BCUT2D eigenvalue weighted by Crippen LogP contribution is -2.40. The number of hydrogen-bond acceptors (Lipinski definition) is 5. The Kier molecular flexibility index (Phi) is 2.97. The van der Waals surface area contributed by atoms with Crippen molar-refractivity contribution in [3.63, 3.8) is 0 Å². The molecule has 3 rings (SSSR count). The minimum atomic E-state index is -2.88. The normalized spacial score (nSPS) is 23.3. The molecule has 0 spiro atoms. The lowest BCUT2D eigenvalue weighted by molar-refractivity contribution is -0.120. The number of primary amides is 1. The number of hydrogen-bond donors (Lipinski definition) is 1. The van der Waals surface area contributed by atoms with Gasteiger partial charge in [0.1, 0.15) is 0 Å². The molecule has 1 amide bonds. The molecule has 1 saturated heterocycles. The van der Waals surface area contributed by atoms with Crippen molar-refractivity contribution in [3.05, 3.63) is 24.0 Å². The SMILES string of the molecule is NC(=O)C1(c2ccc(N3CCS(=O)(=O)CC3)cn2)CC1. The molecular formula is C13H17N3O3S. The topological polar surface area (TPSA) is 93.4 Å².